The van der Waals surface area contributed by atoms with Gasteiger partial charge in [-0.25, -0.2) is 4.98 Å². The largest absolute Gasteiger partial charge is 0.507 e. The topological polar surface area (TPSA) is 183 Å². The number of benzene rings is 2. The molecule has 4 N–H and O–H groups in total. The molecule has 2 aromatic carbocycles. The molecule has 0 bridgehead atoms. The van der Waals surface area contributed by atoms with Crippen LogP contribution in [0.1, 0.15) is 80.1 Å². The van der Waals surface area contributed by atoms with Crippen LogP contribution >= 0.6 is 11.3 Å². The maximum atomic E-state index is 14.3. The zero-order valence-corrected chi connectivity index (χ0v) is 37.1. The van der Waals surface area contributed by atoms with Crippen molar-refractivity contribution >= 4 is 42.0 Å². The maximum absolute atomic E-state index is 14.3. The second-order valence-electron chi connectivity index (χ2n) is 18.2. The highest BCUT2D eigenvalue weighted by Crippen LogP contribution is 2.47. The summed E-state index contributed by atoms with van der Waals surface area (Å²) >= 11 is 1.56. The van der Waals surface area contributed by atoms with E-state index in [1.54, 1.807) is 36.5 Å². The third kappa shape index (κ3) is 8.48. The highest BCUT2D eigenvalue weighted by Gasteiger charge is 2.45. The average Bonchev–Trinajstić information content (AvgIpc) is 4.12. The lowest BCUT2D eigenvalue weighted by molar-refractivity contribution is -0.141. The summed E-state index contributed by atoms with van der Waals surface area (Å²) in [5.74, 6) is 0.698. The molecular weight excluding hydrogens is 815 g/mol. The number of phenols is 1. The zero-order chi connectivity index (χ0) is 44.2. The van der Waals surface area contributed by atoms with Gasteiger partial charge in [-0.05, 0) is 97.3 Å². The molecule has 1 unspecified atom stereocenters. The van der Waals surface area contributed by atoms with E-state index in [0.29, 0.717) is 52.8 Å². The second-order valence-corrected chi connectivity index (χ2v) is 19.0. The van der Waals surface area contributed by atoms with Gasteiger partial charge in [0.05, 0.1) is 27.9 Å². The Morgan fingerprint density at radius 3 is 2.49 bits per heavy atom. The number of ether oxygens (including phenoxy) is 1. The van der Waals surface area contributed by atoms with Gasteiger partial charge in [0.2, 0.25) is 11.8 Å². The molecule has 1 saturated carbocycles. The minimum atomic E-state index is -1.24. The van der Waals surface area contributed by atoms with Crippen molar-refractivity contribution in [2.45, 2.75) is 83.3 Å². The number of aliphatic hydroxyl groups excluding tert-OH is 1. The molecule has 1 aliphatic carbocycles. The van der Waals surface area contributed by atoms with Crippen LogP contribution in [0.5, 0.6) is 11.6 Å². The lowest BCUT2D eigenvalue weighted by atomic mass is 9.73. The number of thiazole rings is 1. The first-order valence-corrected chi connectivity index (χ1v) is 22.7. The van der Waals surface area contributed by atoms with Crippen LogP contribution in [0.3, 0.4) is 0 Å². The number of phenolic OH excluding ortho intramolecular Hbond substituents is 1. The van der Waals surface area contributed by atoms with Crippen LogP contribution in [0, 0.1) is 31.6 Å². The molecule has 0 spiro atoms. The van der Waals surface area contributed by atoms with Crippen LogP contribution in [0.4, 0.5) is 0 Å². The van der Waals surface area contributed by atoms with Gasteiger partial charge in [-0.2, -0.15) is 0 Å². The van der Waals surface area contributed by atoms with Gasteiger partial charge in [0.25, 0.3) is 5.88 Å². The summed E-state index contributed by atoms with van der Waals surface area (Å²) in [5, 5.41) is 38.1. The van der Waals surface area contributed by atoms with Crippen LogP contribution in [-0.2, 0) is 15.0 Å². The molecule has 2 radical (unpaired) electrons. The van der Waals surface area contributed by atoms with Gasteiger partial charge in [0.1, 0.15) is 32.2 Å². The molecule has 14 nitrogen and oxygen atoms in total. The predicted molar refractivity (Wildman–Crippen MR) is 240 cm³/mol. The second kappa shape index (κ2) is 17.2. The van der Waals surface area contributed by atoms with Crippen molar-refractivity contribution in [3.05, 3.63) is 94.4 Å². The average molecular weight is 869 g/mol. The van der Waals surface area contributed by atoms with Crippen LogP contribution in [0.25, 0.3) is 32.7 Å². The number of amides is 2. The summed E-state index contributed by atoms with van der Waals surface area (Å²) in [7, 11) is 6.67. The van der Waals surface area contributed by atoms with E-state index >= 15 is 0 Å². The van der Waals surface area contributed by atoms with E-state index in [1.165, 1.54) is 16.2 Å². The first kappa shape index (κ1) is 42.7. The Morgan fingerprint density at radius 2 is 1.79 bits per heavy atom. The predicted octanol–water partition coefficient (Wildman–Crippen LogP) is 6.42. The molecule has 2 amide bonds. The van der Waals surface area contributed by atoms with Crippen molar-refractivity contribution < 1.29 is 29.1 Å². The standard InChI is InChI=1S/C47H53BN8O6S/c1-25(2)41(46(60)56-23-33(57)18-37(56)45(59)51-47(5,48)32-12-10-28(11-13-32)43-27(4)49-24-63-43)39-20-40(54-62-39)61-15-14-55-21-30-16-29(17-31(30)22-55)42-26(3)35-19-36(52-53-44(35)50-42)34-8-6-7-9-38(34)58/h6-13,19-20,24-25,29-31,33,37,41,57-58H,14-18,21-23H2,1-5H3,(H,50,53)(H,51,59)/t29?,30-,31+,33-,37+,41-,47-/m1/s1. The van der Waals surface area contributed by atoms with E-state index < -0.39 is 29.4 Å². The van der Waals surface area contributed by atoms with Crippen molar-refractivity contribution in [3.63, 3.8) is 0 Å². The monoisotopic (exact) mass is 868 g/mol. The number of β-amino-alcohol motifs (C(OH)–C–C–N with tert-alkyl or cyclic N) is 1. The summed E-state index contributed by atoms with van der Waals surface area (Å²) < 4.78 is 11.8. The van der Waals surface area contributed by atoms with Gasteiger partial charge < -0.3 is 34.7 Å². The first-order chi connectivity index (χ1) is 30.2. The molecule has 2 aliphatic heterocycles. The number of fused-ring (bicyclic) bond motifs is 2. The Bertz CT molecular complexity index is 2610. The van der Waals surface area contributed by atoms with E-state index in [-0.39, 0.29) is 30.5 Å². The number of likely N-dealkylation sites (tertiary alicyclic amines) is 2. The Morgan fingerprint density at radius 1 is 1.05 bits per heavy atom. The number of aliphatic hydroxyl groups is 1. The quantitative estimate of drug-likeness (QED) is 0.0940. The fourth-order valence-electron chi connectivity index (χ4n) is 10.1. The van der Waals surface area contributed by atoms with Gasteiger partial charge in [-0.1, -0.05) is 50.2 Å². The zero-order valence-electron chi connectivity index (χ0n) is 36.2. The SMILES string of the molecule is [B][C@](C)(NC(=O)[C@@H]1C[C@@H](O)CN1C(=O)[C@@H](c1cc(OCCN2C[C@H]3CC(c4[nH]c5nnc(-c6ccccc6O)cc5c4C)C[C@H]3C2)no1)C(C)C)c1ccc(-c2scnc2C)cc1. The van der Waals surface area contributed by atoms with Crippen molar-refractivity contribution in [1.29, 1.82) is 0 Å². The summed E-state index contributed by atoms with van der Waals surface area (Å²) in [6.07, 6.45) is 1.41. The maximum Gasteiger partial charge on any atom is 0.254 e. The molecule has 16 heteroatoms. The third-order valence-corrected chi connectivity index (χ3v) is 14.4. The number of aromatic nitrogens is 5. The minimum Gasteiger partial charge on any atom is -0.507 e. The van der Waals surface area contributed by atoms with Crippen molar-refractivity contribution in [1.82, 2.24) is 40.4 Å². The highest BCUT2D eigenvalue weighted by molar-refractivity contribution is 7.13. The molecule has 3 fully saturated rings. The number of para-hydroxylation sites is 1. The van der Waals surface area contributed by atoms with Crippen molar-refractivity contribution in [3.8, 4) is 33.3 Å². The Kier molecular flexibility index (Phi) is 11.7. The van der Waals surface area contributed by atoms with Crippen LogP contribution in [0.2, 0.25) is 0 Å². The summed E-state index contributed by atoms with van der Waals surface area (Å²) in [5.41, 5.74) is 7.75. The molecule has 2 saturated heterocycles. The van der Waals surface area contributed by atoms with E-state index in [1.807, 2.05) is 68.7 Å². The molecule has 6 aromatic rings. The number of carbonyl (C=O) groups excluding carboxylic acids is 2. The van der Waals surface area contributed by atoms with Gasteiger partial charge in [-0.3, -0.25) is 14.5 Å². The molecule has 63 heavy (non-hydrogen) atoms. The van der Waals surface area contributed by atoms with Gasteiger partial charge in [0, 0.05) is 60.7 Å². The van der Waals surface area contributed by atoms with Crippen LogP contribution < -0.4 is 10.1 Å². The number of carbonyl (C=O) groups is 2. The number of aromatic amines is 1. The summed E-state index contributed by atoms with van der Waals surface area (Å²) in [6, 6.07) is 17.6. The van der Waals surface area contributed by atoms with E-state index in [4.69, 9.17) is 17.1 Å². The van der Waals surface area contributed by atoms with E-state index in [9.17, 15) is 19.8 Å². The number of nitrogens with one attached hydrogen (secondary N) is 2. The van der Waals surface area contributed by atoms with Crippen LogP contribution in [-0.4, -0.2) is 110 Å². The first-order valence-electron chi connectivity index (χ1n) is 21.8. The lowest BCUT2D eigenvalue weighted by Gasteiger charge is -2.33. The normalized spacial score (nSPS) is 22.7. The molecule has 3 aliphatic rings. The van der Waals surface area contributed by atoms with Gasteiger partial charge >= 0.3 is 0 Å². The summed E-state index contributed by atoms with van der Waals surface area (Å²) in [4.78, 5) is 41.0. The van der Waals surface area contributed by atoms with Crippen molar-refractivity contribution in [2.24, 2.45) is 17.8 Å². The van der Waals surface area contributed by atoms with Crippen LogP contribution in [0.15, 0.2) is 70.7 Å². The lowest BCUT2D eigenvalue weighted by Crippen LogP contribution is -2.53. The van der Waals surface area contributed by atoms with E-state index in [0.717, 1.165) is 59.6 Å². The fourth-order valence-corrected chi connectivity index (χ4v) is 10.9. The molecule has 6 heterocycles. The number of rotatable bonds is 13. The molecule has 4 aromatic heterocycles. The number of H-pyrrole nitrogens is 1. The molecule has 9 rings (SSSR count). The molecular formula is C47H53BN8O6S. The number of nitrogens with zero attached hydrogens (tertiary/aromatic N) is 6. The highest BCUT2D eigenvalue weighted by atomic mass is 32.1. The Hall–Kier alpha value is -5.58. The smallest absolute Gasteiger partial charge is 0.254 e. The fraction of sp³-hybridized carbons (Fsp3) is 0.447. The number of aryl methyl sites for hydroxylation is 2. The Labute approximate surface area is 371 Å². The summed E-state index contributed by atoms with van der Waals surface area (Å²) in [6.45, 7) is 12.8. The van der Waals surface area contributed by atoms with E-state index in [2.05, 4.69) is 42.5 Å². The number of hydrogen-bond acceptors (Lipinski definition) is 12. The molecule has 326 valence electrons. The Balaban J connectivity index is 0.780. The third-order valence-electron chi connectivity index (χ3n) is 13.4. The minimum absolute atomic E-state index is 0.0121. The number of hydrogen-bond donors (Lipinski definition) is 4. The molecule has 7 atom stereocenters. The van der Waals surface area contributed by atoms with Gasteiger partial charge in [-0.15, -0.1) is 21.5 Å². The van der Waals surface area contributed by atoms with Gasteiger partial charge in [0.15, 0.2) is 11.4 Å². The number of aromatic hydroxyl groups is 1. The van der Waals surface area contributed by atoms with Crippen molar-refractivity contribution in [2.75, 3.05) is 32.8 Å².